The first-order valence-corrected chi connectivity index (χ1v) is 13.0. The van der Waals surface area contributed by atoms with Crippen LogP contribution in [0.4, 0.5) is 13.2 Å². The summed E-state index contributed by atoms with van der Waals surface area (Å²) in [6, 6.07) is 4.95. The van der Waals surface area contributed by atoms with Gasteiger partial charge in [-0.25, -0.2) is 13.4 Å². The molecule has 11 heteroatoms. The third-order valence-electron chi connectivity index (χ3n) is 5.63. The largest absolute Gasteiger partial charge is 0.416 e. The van der Waals surface area contributed by atoms with Gasteiger partial charge in [0.2, 0.25) is 15.0 Å². The minimum Gasteiger partial charge on any atom is -0.360 e. The smallest absolute Gasteiger partial charge is 0.360 e. The molecule has 1 aromatic carbocycles. The van der Waals surface area contributed by atoms with Gasteiger partial charge in [-0.3, -0.25) is 0 Å². The van der Waals surface area contributed by atoms with Gasteiger partial charge in [-0.1, -0.05) is 18.2 Å². The second kappa shape index (κ2) is 8.90. The Morgan fingerprint density at radius 2 is 1.97 bits per heavy atom. The maximum absolute atomic E-state index is 13.2. The van der Waals surface area contributed by atoms with Crippen molar-refractivity contribution in [1.82, 2.24) is 19.8 Å². The number of alkyl halides is 3. The van der Waals surface area contributed by atoms with Gasteiger partial charge in [0, 0.05) is 18.1 Å². The van der Waals surface area contributed by atoms with Gasteiger partial charge in [-0.2, -0.15) is 13.2 Å². The van der Waals surface area contributed by atoms with Crippen molar-refractivity contribution < 1.29 is 21.6 Å². The SMILES string of the molecule is CC(C)NC(=S)N(Cc1cnc(S(=O)(=O)Cc2cccc(C(F)(F)F)c2)n1C1CC1)C1CC1. The Morgan fingerprint density at radius 1 is 1.27 bits per heavy atom. The minimum atomic E-state index is -4.53. The number of rotatable bonds is 8. The average Bonchev–Trinajstić information content (AvgIpc) is 3.63. The molecule has 0 atom stereocenters. The third-order valence-corrected chi connectivity index (χ3v) is 7.56. The quantitative estimate of drug-likeness (QED) is 0.540. The van der Waals surface area contributed by atoms with Crippen LogP contribution < -0.4 is 5.32 Å². The molecule has 2 saturated carbocycles. The molecule has 33 heavy (non-hydrogen) atoms. The summed E-state index contributed by atoms with van der Waals surface area (Å²) in [5.41, 5.74) is -0.0359. The molecule has 0 unspecified atom stereocenters. The first kappa shape index (κ1) is 24.0. The molecule has 2 aromatic rings. The molecule has 6 nitrogen and oxygen atoms in total. The molecule has 0 aliphatic heterocycles. The lowest BCUT2D eigenvalue weighted by atomic mass is 10.1. The molecule has 2 aliphatic carbocycles. The second-order valence-corrected chi connectivity index (χ2v) is 11.3. The van der Waals surface area contributed by atoms with Crippen LogP contribution in [0.25, 0.3) is 0 Å². The van der Waals surface area contributed by atoms with Crippen LogP contribution in [0.5, 0.6) is 0 Å². The molecule has 0 saturated heterocycles. The number of nitrogens with one attached hydrogen (secondary N) is 1. The van der Waals surface area contributed by atoms with Gasteiger partial charge >= 0.3 is 6.18 Å². The van der Waals surface area contributed by atoms with Crippen LogP contribution in [0.3, 0.4) is 0 Å². The number of hydrogen-bond donors (Lipinski definition) is 1. The molecule has 1 heterocycles. The molecular formula is C22H27F3N4O2S2. The molecule has 1 N–H and O–H groups in total. The highest BCUT2D eigenvalue weighted by Crippen LogP contribution is 2.40. The van der Waals surface area contributed by atoms with Gasteiger partial charge < -0.3 is 14.8 Å². The van der Waals surface area contributed by atoms with E-state index in [-0.39, 0.29) is 22.8 Å². The zero-order valence-electron chi connectivity index (χ0n) is 18.5. The maximum Gasteiger partial charge on any atom is 0.416 e. The van der Waals surface area contributed by atoms with E-state index in [0.29, 0.717) is 17.7 Å². The van der Waals surface area contributed by atoms with E-state index in [2.05, 4.69) is 15.2 Å². The molecule has 2 aliphatic rings. The fraction of sp³-hybridized carbons (Fsp3) is 0.545. The Bertz CT molecular complexity index is 1140. The van der Waals surface area contributed by atoms with Crippen molar-refractivity contribution in [2.24, 2.45) is 0 Å². The number of imidazole rings is 1. The lowest BCUT2D eigenvalue weighted by molar-refractivity contribution is -0.137. The zero-order chi connectivity index (χ0) is 24.0. The highest BCUT2D eigenvalue weighted by Gasteiger charge is 2.37. The van der Waals surface area contributed by atoms with E-state index in [1.165, 1.54) is 12.1 Å². The third kappa shape index (κ3) is 5.68. The number of halogens is 3. The minimum absolute atomic E-state index is 0.0291. The van der Waals surface area contributed by atoms with Crippen molar-refractivity contribution in [3.05, 3.63) is 47.3 Å². The van der Waals surface area contributed by atoms with E-state index < -0.39 is 27.3 Å². The summed E-state index contributed by atoms with van der Waals surface area (Å²) in [4.78, 5) is 6.31. The van der Waals surface area contributed by atoms with Crippen molar-refractivity contribution in [3.8, 4) is 0 Å². The molecule has 4 rings (SSSR count). The number of benzene rings is 1. The molecule has 0 amide bonds. The summed E-state index contributed by atoms with van der Waals surface area (Å²) < 4.78 is 67.4. The molecule has 0 bridgehead atoms. The molecular weight excluding hydrogens is 473 g/mol. The van der Waals surface area contributed by atoms with Crippen LogP contribution in [0.2, 0.25) is 0 Å². The number of thiocarbonyl (C=S) groups is 1. The van der Waals surface area contributed by atoms with Gasteiger partial charge in [0.15, 0.2) is 5.11 Å². The van der Waals surface area contributed by atoms with Crippen LogP contribution in [0.1, 0.15) is 62.4 Å². The predicted octanol–water partition coefficient (Wildman–Crippen LogP) is 4.46. The highest BCUT2D eigenvalue weighted by atomic mass is 32.2. The van der Waals surface area contributed by atoms with Gasteiger partial charge in [-0.05, 0) is 63.4 Å². The molecule has 0 radical (unpaired) electrons. The molecule has 0 spiro atoms. The van der Waals surface area contributed by atoms with Crippen molar-refractivity contribution >= 4 is 27.2 Å². The summed E-state index contributed by atoms with van der Waals surface area (Å²) in [6.07, 6.45) is 0.760. The summed E-state index contributed by atoms with van der Waals surface area (Å²) in [6.45, 7) is 4.44. The van der Waals surface area contributed by atoms with E-state index >= 15 is 0 Å². The maximum atomic E-state index is 13.2. The van der Waals surface area contributed by atoms with E-state index in [9.17, 15) is 21.6 Å². The Kier molecular flexibility index (Phi) is 6.47. The van der Waals surface area contributed by atoms with Crippen LogP contribution in [0.15, 0.2) is 35.6 Å². The first-order valence-electron chi connectivity index (χ1n) is 11.0. The Morgan fingerprint density at radius 3 is 2.55 bits per heavy atom. The summed E-state index contributed by atoms with van der Waals surface area (Å²) in [7, 11) is -3.95. The standard InChI is InChI=1S/C22H27F3N4O2S2/c1-14(2)27-20(32)28(17-6-7-17)12-19-11-26-21(29(19)18-8-9-18)33(30,31)13-15-4-3-5-16(10-15)22(23,24)25/h3-5,10-11,14,17-18H,6-9,12-13H2,1-2H3,(H,27,32). The van der Waals surface area contributed by atoms with Gasteiger partial charge in [0.05, 0.1) is 29.8 Å². The van der Waals surface area contributed by atoms with E-state index in [4.69, 9.17) is 12.2 Å². The van der Waals surface area contributed by atoms with Crippen molar-refractivity contribution in [1.29, 1.82) is 0 Å². The molecule has 180 valence electrons. The van der Waals surface area contributed by atoms with Gasteiger partial charge in [0.1, 0.15) is 0 Å². The van der Waals surface area contributed by atoms with Crippen molar-refractivity contribution in [2.45, 2.75) is 81.3 Å². The Balaban J connectivity index is 1.61. The Labute approximate surface area is 197 Å². The van der Waals surface area contributed by atoms with E-state index in [0.717, 1.165) is 43.5 Å². The zero-order valence-corrected chi connectivity index (χ0v) is 20.1. The van der Waals surface area contributed by atoms with Gasteiger partial charge in [-0.15, -0.1) is 0 Å². The summed E-state index contributed by atoms with van der Waals surface area (Å²) in [5.74, 6) is -0.542. The van der Waals surface area contributed by atoms with E-state index in [1.807, 2.05) is 13.8 Å². The van der Waals surface area contributed by atoms with Gasteiger partial charge in [0.25, 0.3) is 0 Å². The van der Waals surface area contributed by atoms with Crippen LogP contribution in [0, 0.1) is 0 Å². The summed E-state index contributed by atoms with van der Waals surface area (Å²) in [5, 5.41) is 3.80. The predicted molar refractivity (Wildman–Crippen MR) is 122 cm³/mol. The molecule has 1 aromatic heterocycles. The number of nitrogens with zero attached hydrogens (tertiary/aromatic N) is 3. The van der Waals surface area contributed by atoms with Crippen molar-refractivity contribution in [3.63, 3.8) is 0 Å². The number of sulfone groups is 1. The average molecular weight is 501 g/mol. The highest BCUT2D eigenvalue weighted by molar-refractivity contribution is 7.90. The first-order chi connectivity index (χ1) is 15.5. The van der Waals surface area contributed by atoms with E-state index in [1.54, 1.807) is 10.8 Å². The topological polar surface area (TPSA) is 67.2 Å². The van der Waals surface area contributed by atoms with Crippen LogP contribution in [-0.2, 0) is 28.3 Å². The monoisotopic (exact) mass is 500 g/mol. The second-order valence-electron chi connectivity index (χ2n) is 9.05. The van der Waals surface area contributed by atoms with Crippen LogP contribution >= 0.6 is 12.2 Å². The van der Waals surface area contributed by atoms with Crippen LogP contribution in [-0.4, -0.2) is 40.1 Å². The summed E-state index contributed by atoms with van der Waals surface area (Å²) >= 11 is 5.58. The number of hydrogen-bond acceptors (Lipinski definition) is 4. The Hall–Kier alpha value is -2.14. The lowest BCUT2D eigenvalue weighted by Gasteiger charge is -2.27. The van der Waals surface area contributed by atoms with Crippen molar-refractivity contribution in [2.75, 3.05) is 0 Å². The normalized spacial score (nSPS) is 16.8. The fourth-order valence-electron chi connectivity index (χ4n) is 3.83. The fourth-order valence-corrected chi connectivity index (χ4v) is 5.80. The number of aromatic nitrogens is 2. The lowest BCUT2D eigenvalue weighted by Crippen LogP contribution is -2.43. The molecule has 2 fully saturated rings.